The Kier molecular flexibility index (Phi) is 4.46. The lowest BCUT2D eigenvalue weighted by Gasteiger charge is -2.32. The molecule has 3 saturated heterocycles. The second-order valence-electron chi connectivity index (χ2n) is 6.86. The second kappa shape index (κ2) is 6.92. The number of hydrogen-bond donors (Lipinski definition) is 2. The molecule has 3 aliphatic heterocycles. The molecule has 5 rings (SSSR count). The molecule has 0 aliphatic carbocycles. The highest BCUT2D eigenvalue weighted by Crippen LogP contribution is 2.27. The predicted molar refractivity (Wildman–Crippen MR) is 102 cm³/mol. The van der Waals surface area contributed by atoms with Gasteiger partial charge in [0.2, 0.25) is 0 Å². The molecule has 2 bridgehead atoms. The first-order valence-corrected chi connectivity index (χ1v) is 8.99. The van der Waals surface area contributed by atoms with E-state index in [1.54, 1.807) is 31.6 Å². The van der Waals surface area contributed by atoms with E-state index in [2.05, 4.69) is 19.8 Å². The van der Waals surface area contributed by atoms with E-state index >= 15 is 0 Å². The zero-order chi connectivity index (χ0) is 18.1. The smallest absolute Gasteiger partial charge is 0.132 e. The lowest BCUT2D eigenvalue weighted by Crippen LogP contribution is -2.38. The van der Waals surface area contributed by atoms with E-state index in [4.69, 9.17) is 15.9 Å². The highest BCUT2D eigenvalue weighted by molar-refractivity contribution is 6.13. The SMILES string of the molecule is COc1ccc(N)c(C(=N)c2cc(N3CCN4CCC3CC4)ncn2)c1. The van der Waals surface area contributed by atoms with Crippen molar-refractivity contribution in [3.8, 4) is 5.75 Å². The average molecular weight is 352 g/mol. The van der Waals surface area contributed by atoms with E-state index in [1.807, 2.05) is 6.07 Å². The summed E-state index contributed by atoms with van der Waals surface area (Å²) in [5, 5.41) is 8.59. The molecule has 1 aromatic carbocycles. The van der Waals surface area contributed by atoms with E-state index < -0.39 is 0 Å². The predicted octanol–water partition coefficient (Wildman–Crippen LogP) is 1.77. The lowest BCUT2D eigenvalue weighted by atomic mass is 10.0. The molecule has 2 aromatic rings. The summed E-state index contributed by atoms with van der Waals surface area (Å²) in [4.78, 5) is 13.7. The van der Waals surface area contributed by atoms with E-state index in [0.29, 0.717) is 28.7 Å². The average Bonchev–Trinajstić information content (AvgIpc) is 3.02. The zero-order valence-corrected chi connectivity index (χ0v) is 15.0. The van der Waals surface area contributed by atoms with Gasteiger partial charge in [-0.2, -0.15) is 0 Å². The Bertz CT molecular complexity index is 815. The van der Waals surface area contributed by atoms with Crippen molar-refractivity contribution in [3.63, 3.8) is 0 Å². The minimum Gasteiger partial charge on any atom is -0.497 e. The summed E-state index contributed by atoms with van der Waals surface area (Å²) in [6.45, 7) is 4.36. The lowest BCUT2D eigenvalue weighted by molar-refractivity contribution is 0.250. The van der Waals surface area contributed by atoms with Gasteiger partial charge in [-0.1, -0.05) is 0 Å². The van der Waals surface area contributed by atoms with E-state index in [1.165, 1.54) is 12.8 Å². The molecule has 0 atom stereocenters. The van der Waals surface area contributed by atoms with Gasteiger partial charge in [-0.15, -0.1) is 0 Å². The Hall–Kier alpha value is -2.67. The summed E-state index contributed by atoms with van der Waals surface area (Å²) in [5.74, 6) is 1.57. The van der Waals surface area contributed by atoms with E-state index in [-0.39, 0.29) is 5.71 Å². The number of nitrogen functional groups attached to an aromatic ring is 1. The molecule has 0 saturated carbocycles. The van der Waals surface area contributed by atoms with Gasteiger partial charge < -0.3 is 20.3 Å². The molecule has 7 nitrogen and oxygen atoms in total. The Morgan fingerprint density at radius 3 is 2.73 bits per heavy atom. The summed E-state index contributed by atoms with van der Waals surface area (Å²) in [6, 6.07) is 7.76. The van der Waals surface area contributed by atoms with Gasteiger partial charge >= 0.3 is 0 Å². The first-order chi connectivity index (χ1) is 12.7. The Morgan fingerprint density at radius 1 is 1.15 bits per heavy atom. The van der Waals surface area contributed by atoms with Crippen LogP contribution in [0.5, 0.6) is 5.75 Å². The number of nitrogens with one attached hydrogen (secondary N) is 1. The molecule has 1 aromatic heterocycles. The maximum atomic E-state index is 8.59. The normalized spacial score (nSPS) is 22.1. The molecule has 3 N–H and O–H groups in total. The van der Waals surface area contributed by atoms with Crippen LogP contribution in [0.1, 0.15) is 24.1 Å². The number of benzene rings is 1. The largest absolute Gasteiger partial charge is 0.497 e. The number of rotatable bonds is 4. The van der Waals surface area contributed by atoms with Crippen molar-refractivity contribution in [1.82, 2.24) is 14.9 Å². The molecule has 136 valence electrons. The molecule has 0 unspecified atom stereocenters. The number of nitrogens with zero attached hydrogens (tertiary/aromatic N) is 4. The number of hydrogen-bond acceptors (Lipinski definition) is 7. The van der Waals surface area contributed by atoms with Gasteiger partial charge in [0.25, 0.3) is 0 Å². The minimum absolute atomic E-state index is 0.285. The number of piperidine rings is 1. The van der Waals surface area contributed by atoms with Crippen molar-refractivity contribution in [2.75, 3.05) is 43.9 Å². The van der Waals surface area contributed by atoms with Crippen LogP contribution in [0.3, 0.4) is 0 Å². The van der Waals surface area contributed by atoms with Gasteiger partial charge in [0.05, 0.1) is 18.5 Å². The van der Waals surface area contributed by atoms with Crippen LogP contribution in [0.2, 0.25) is 0 Å². The molecular weight excluding hydrogens is 328 g/mol. The van der Waals surface area contributed by atoms with Crippen LogP contribution in [-0.4, -0.2) is 59.9 Å². The van der Waals surface area contributed by atoms with Crippen molar-refractivity contribution >= 4 is 17.2 Å². The van der Waals surface area contributed by atoms with Crippen LogP contribution in [0.15, 0.2) is 30.6 Å². The Morgan fingerprint density at radius 2 is 1.96 bits per heavy atom. The van der Waals surface area contributed by atoms with Gasteiger partial charge in [0.1, 0.15) is 17.9 Å². The van der Waals surface area contributed by atoms with Crippen LogP contribution >= 0.6 is 0 Å². The fourth-order valence-electron chi connectivity index (χ4n) is 3.85. The standard InChI is InChI=1S/C19H24N6O/c1-26-14-2-3-16(20)15(10-14)19(21)17-11-18(23-12-22-17)25-9-8-24-6-4-13(25)5-7-24/h2-3,10-13,21H,4-9,20H2,1H3. The molecule has 7 heteroatoms. The Labute approximate surface area is 153 Å². The van der Waals surface area contributed by atoms with Crippen molar-refractivity contribution in [2.24, 2.45) is 0 Å². The van der Waals surface area contributed by atoms with Crippen molar-refractivity contribution < 1.29 is 4.74 Å². The summed E-state index contributed by atoms with van der Waals surface area (Å²) in [7, 11) is 1.60. The molecular formula is C19H24N6O. The number of nitrogens with two attached hydrogens (primary N) is 1. The summed E-state index contributed by atoms with van der Waals surface area (Å²) >= 11 is 0. The molecule has 0 amide bonds. The molecule has 0 spiro atoms. The van der Waals surface area contributed by atoms with Crippen LogP contribution in [-0.2, 0) is 0 Å². The molecule has 4 heterocycles. The number of fused-ring (bicyclic) bond motifs is 4. The number of methoxy groups -OCH3 is 1. The van der Waals surface area contributed by atoms with Crippen LogP contribution in [0.25, 0.3) is 0 Å². The monoisotopic (exact) mass is 352 g/mol. The summed E-state index contributed by atoms with van der Waals surface area (Å²) in [5.41, 5.74) is 8.10. The van der Waals surface area contributed by atoms with Crippen molar-refractivity contribution in [2.45, 2.75) is 18.9 Å². The maximum Gasteiger partial charge on any atom is 0.132 e. The van der Waals surface area contributed by atoms with Gasteiger partial charge in [0.15, 0.2) is 0 Å². The minimum atomic E-state index is 0.285. The molecule has 26 heavy (non-hydrogen) atoms. The highest BCUT2D eigenvalue weighted by Gasteiger charge is 2.30. The fourth-order valence-corrected chi connectivity index (χ4v) is 3.85. The number of aromatic nitrogens is 2. The van der Waals surface area contributed by atoms with Crippen LogP contribution in [0.4, 0.5) is 11.5 Å². The van der Waals surface area contributed by atoms with Gasteiger partial charge in [-0.05, 0) is 31.0 Å². The number of ether oxygens (including phenoxy) is 1. The van der Waals surface area contributed by atoms with Gasteiger partial charge in [0, 0.05) is 49.5 Å². The number of anilines is 2. The summed E-state index contributed by atoms with van der Waals surface area (Å²) in [6.07, 6.45) is 3.88. The third kappa shape index (κ3) is 3.10. The zero-order valence-electron chi connectivity index (χ0n) is 15.0. The second-order valence-corrected chi connectivity index (χ2v) is 6.86. The van der Waals surface area contributed by atoms with Crippen LogP contribution < -0.4 is 15.4 Å². The topological polar surface area (TPSA) is 91.4 Å². The maximum absolute atomic E-state index is 8.59. The van der Waals surface area contributed by atoms with Crippen molar-refractivity contribution in [3.05, 3.63) is 41.9 Å². The first-order valence-electron chi connectivity index (χ1n) is 8.99. The van der Waals surface area contributed by atoms with E-state index in [0.717, 1.165) is 32.0 Å². The van der Waals surface area contributed by atoms with Crippen molar-refractivity contribution in [1.29, 1.82) is 5.41 Å². The third-order valence-corrected chi connectivity index (χ3v) is 5.39. The molecule has 3 aliphatic rings. The van der Waals surface area contributed by atoms with E-state index in [9.17, 15) is 0 Å². The molecule has 0 radical (unpaired) electrons. The summed E-state index contributed by atoms with van der Waals surface area (Å²) < 4.78 is 5.26. The quantitative estimate of drug-likeness (QED) is 0.644. The third-order valence-electron chi connectivity index (χ3n) is 5.39. The fraction of sp³-hybridized carbons (Fsp3) is 0.421. The Balaban J connectivity index is 1.64. The molecule has 3 fully saturated rings. The van der Waals surface area contributed by atoms with Gasteiger partial charge in [-0.25, -0.2) is 9.97 Å². The highest BCUT2D eigenvalue weighted by atomic mass is 16.5. The van der Waals surface area contributed by atoms with Crippen LogP contribution in [0, 0.1) is 5.41 Å². The first kappa shape index (κ1) is 16.8. The van der Waals surface area contributed by atoms with Gasteiger partial charge in [-0.3, -0.25) is 5.41 Å².